The van der Waals surface area contributed by atoms with Crippen LogP contribution in [-0.2, 0) is 0 Å². The number of carbonyl (C=O) groups excluding carboxylic acids is 1. The molecule has 0 bridgehead atoms. The topological polar surface area (TPSA) is 46.3 Å². The van der Waals surface area contributed by atoms with Crippen molar-refractivity contribution in [2.24, 2.45) is 5.73 Å². The van der Waals surface area contributed by atoms with E-state index in [9.17, 15) is 4.79 Å². The summed E-state index contributed by atoms with van der Waals surface area (Å²) < 4.78 is 0.884. The third kappa shape index (κ3) is 4.21. The molecule has 116 valence electrons. The highest BCUT2D eigenvalue weighted by Crippen LogP contribution is 2.27. The first-order valence-corrected chi connectivity index (χ1v) is 8.71. The summed E-state index contributed by atoms with van der Waals surface area (Å²) in [5.41, 5.74) is 6.56. The second-order valence-electron chi connectivity index (χ2n) is 5.69. The van der Waals surface area contributed by atoms with Crippen LogP contribution >= 0.6 is 27.5 Å². The number of carbonyl (C=O) groups is 1. The minimum atomic E-state index is 0.0369. The summed E-state index contributed by atoms with van der Waals surface area (Å²) >= 11 is 9.61. The number of rotatable bonds is 4. The minimum absolute atomic E-state index is 0.0369. The first-order valence-electron chi connectivity index (χ1n) is 7.54. The van der Waals surface area contributed by atoms with E-state index in [0.717, 1.165) is 43.1 Å². The van der Waals surface area contributed by atoms with Gasteiger partial charge in [0.2, 0.25) is 0 Å². The summed E-state index contributed by atoms with van der Waals surface area (Å²) in [6.07, 6.45) is 4.91. The van der Waals surface area contributed by atoms with E-state index in [1.54, 1.807) is 12.1 Å². The molecule has 1 aromatic rings. The van der Waals surface area contributed by atoms with Crippen molar-refractivity contribution in [2.45, 2.75) is 51.1 Å². The van der Waals surface area contributed by atoms with Crippen LogP contribution in [-0.4, -0.2) is 29.4 Å². The molecule has 1 saturated carbocycles. The largest absolute Gasteiger partial charge is 0.336 e. The van der Waals surface area contributed by atoms with E-state index in [1.807, 2.05) is 11.0 Å². The maximum absolute atomic E-state index is 12.8. The third-order valence-corrected chi connectivity index (χ3v) is 4.88. The van der Waals surface area contributed by atoms with Crippen LogP contribution in [0.2, 0.25) is 5.02 Å². The lowest BCUT2D eigenvalue weighted by atomic mass is 9.90. The standard InChI is InChI=1S/C16H22BrClN2O/c1-2-9-20(13-6-4-12(19)5-7-13)16(21)14-8-3-11(17)10-15(14)18/h3,8,10,12-13H,2,4-7,9,19H2,1H3. The fourth-order valence-electron chi connectivity index (χ4n) is 2.92. The highest BCUT2D eigenvalue weighted by molar-refractivity contribution is 9.10. The summed E-state index contributed by atoms with van der Waals surface area (Å²) in [6, 6.07) is 6.01. The number of hydrogen-bond donors (Lipinski definition) is 1. The van der Waals surface area contributed by atoms with Gasteiger partial charge in [0, 0.05) is 23.1 Å². The van der Waals surface area contributed by atoms with E-state index in [1.165, 1.54) is 0 Å². The Morgan fingerprint density at radius 3 is 2.62 bits per heavy atom. The Labute approximate surface area is 140 Å². The molecule has 0 unspecified atom stereocenters. The van der Waals surface area contributed by atoms with Crippen molar-refractivity contribution in [1.29, 1.82) is 0 Å². The molecular formula is C16H22BrClN2O. The summed E-state index contributed by atoms with van der Waals surface area (Å²) in [7, 11) is 0. The van der Waals surface area contributed by atoms with Crippen molar-refractivity contribution < 1.29 is 4.79 Å². The SMILES string of the molecule is CCCN(C(=O)c1ccc(Br)cc1Cl)C1CCC(N)CC1. The Balaban J connectivity index is 2.18. The van der Waals surface area contributed by atoms with Crippen LogP contribution in [0.25, 0.3) is 0 Å². The molecule has 0 aromatic heterocycles. The van der Waals surface area contributed by atoms with Crippen LogP contribution in [0.3, 0.4) is 0 Å². The van der Waals surface area contributed by atoms with Crippen molar-refractivity contribution in [2.75, 3.05) is 6.54 Å². The quantitative estimate of drug-likeness (QED) is 0.858. The van der Waals surface area contributed by atoms with Gasteiger partial charge in [0.25, 0.3) is 5.91 Å². The first kappa shape index (κ1) is 16.8. The smallest absolute Gasteiger partial charge is 0.255 e. The van der Waals surface area contributed by atoms with E-state index < -0.39 is 0 Å². The van der Waals surface area contributed by atoms with Gasteiger partial charge >= 0.3 is 0 Å². The van der Waals surface area contributed by atoms with Gasteiger partial charge in [0.05, 0.1) is 10.6 Å². The molecule has 0 radical (unpaired) electrons. The van der Waals surface area contributed by atoms with Crippen molar-refractivity contribution in [3.8, 4) is 0 Å². The molecule has 2 N–H and O–H groups in total. The summed E-state index contributed by atoms with van der Waals surface area (Å²) in [5, 5.41) is 0.503. The monoisotopic (exact) mass is 372 g/mol. The van der Waals surface area contributed by atoms with Gasteiger partial charge < -0.3 is 10.6 Å². The molecule has 1 aliphatic rings. The van der Waals surface area contributed by atoms with Crippen LogP contribution in [0.15, 0.2) is 22.7 Å². The Morgan fingerprint density at radius 2 is 2.05 bits per heavy atom. The Hall–Kier alpha value is -0.580. The fourth-order valence-corrected chi connectivity index (χ4v) is 3.68. The van der Waals surface area contributed by atoms with Gasteiger partial charge in [-0.25, -0.2) is 0 Å². The Morgan fingerprint density at radius 1 is 1.38 bits per heavy atom. The molecule has 0 aliphatic heterocycles. The lowest BCUT2D eigenvalue weighted by Crippen LogP contribution is -2.44. The van der Waals surface area contributed by atoms with Gasteiger partial charge in [-0.1, -0.05) is 34.5 Å². The van der Waals surface area contributed by atoms with Crippen molar-refractivity contribution >= 4 is 33.4 Å². The fraction of sp³-hybridized carbons (Fsp3) is 0.562. The number of nitrogens with two attached hydrogens (primary N) is 1. The van der Waals surface area contributed by atoms with Crippen LogP contribution in [0.4, 0.5) is 0 Å². The van der Waals surface area contributed by atoms with Gasteiger partial charge in [-0.15, -0.1) is 0 Å². The van der Waals surface area contributed by atoms with Crippen LogP contribution in [0.1, 0.15) is 49.4 Å². The van der Waals surface area contributed by atoms with E-state index in [0.29, 0.717) is 10.6 Å². The number of halogens is 2. The molecule has 1 aromatic carbocycles. The molecule has 3 nitrogen and oxygen atoms in total. The highest BCUT2D eigenvalue weighted by Gasteiger charge is 2.28. The Bertz CT molecular complexity index is 501. The maximum Gasteiger partial charge on any atom is 0.255 e. The van der Waals surface area contributed by atoms with Gasteiger partial charge in [-0.05, 0) is 50.3 Å². The lowest BCUT2D eigenvalue weighted by molar-refractivity contribution is 0.0627. The van der Waals surface area contributed by atoms with Gasteiger partial charge in [0.1, 0.15) is 0 Å². The van der Waals surface area contributed by atoms with E-state index in [-0.39, 0.29) is 18.0 Å². The van der Waals surface area contributed by atoms with Gasteiger partial charge in [-0.3, -0.25) is 4.79 Å². The molecule has 1 amide bonds. The minimum Gasteiger partial charge on any atom is -0.336 e. The number of nitrogens with zero attached hydrogens (tertiary/aromatic N) is 1. The molecule has 0 saturated heterocycles. The van der Waals surface area contributed by atoms with E-state index in [4.69, 9.17) is 17.3 Å². The zero-order chi connectivity index (χ0) is 15.4. The predicted molar refractivity (Wildman–Crippen MR) is 90.7 cm³/mol. The maximum atomic E-state index is 12.8. The average molecular weight is 374 g/mol. The molecule has 0 atom stereocenters. The van der Waals surface area contributed by atoms with E-state index >= 15 is 0 Å². The second kappa shape index (κ2) is 7.61. The Kier molecular flexibility index (Phi) is 6.08. The van der Waals surface area contributed by atoms with Crippen molar-refractivity contribution in [1.82, 2.24) is 4.90 Å². The molecular weight excluding hydrogens is 352 g/mol. The molecule has 0 heterocycles. The van der Waals surface area contributed by atoms with Gasteiger partial charge in [0.15, 0.2) is 0 Å². The molecule has 1 fully saturated rings. The molecule has 2 rings (SSSR count). The third-order valence-electron chi connectivity index (χ3n) is 4.07. The summed E-state index contributed by atoms with van der Waals surface area (Å²) in [6.45, 7) is 2.86. The number of hydrogen-bond acceptors (Lipinski definition) is 2. The normalized spacial score (nSPS) is 22.1. The molecule has 0 spiro atoms. The zero-order valence-electron chi connectivity index (χ0n) is 12.3. The number of benzene rings is 1. The predicted octanol–water partition coefficient (Wildman–Crippen LogP) is 4.22. The summed E-state index contributed by atoms with van der Waals surface area (Å²) in [5.74, 6) is 0.0369. The average Bonchev–Trinajstić information content (AvgIpc) is 2.45. The second-order valence-corrected chi connectivity index (χ2v) is 7.01. The first-order chi connectivity index (χ1) is 10.0. The number of amides is 1. The molecule has 21 heavy (non-hydrogen) atoms. The van der Waals surface area contributed by atoms with Crippen LogP contribution in [0, 0.1) is 0 Å². The highest BCUT2D eigenvalue weighted by atomic mass is 79.9. The molecule has 5 heteroatoms. The van der Waals surface area contributed by atoms with Crippen molar-refractivity contribution in [3.05, 3.63) is 33.3 Å². The van der Waals surface area contributed by atoms with Gasteiger partial charge in [-0.2, -0.15) is 0 Å². The van der Waals surface area contributed by atoms with E-state index in [2.05, 4.69) is 22.9 Å². The zero-order valence-corrected chi connectivity index (χ0v) is 14.7. The van der Waals surface area contributed by atoms with Crippen molar-refractivity contribution in [3.63, 3.8) is 0 Å². The summed E-state index contributed by atoms with van der Waals surface area (Å²) in [4.78, 5) is 14.8. The lowest BCUT2D eigenvalue weighted by Gasteiger charge is -2.36. The van der Waals surface area contributed by atoms with Crippen LogP contribution < -0.4 is 5.73 Å². The van der Waals surface area contributed by atoms with Crippen LogP contribution in [0.5, 0.6) is 0 Å². The molecule has 1 aliphatic carbocycles.